The molecule has 0 bridgehead atoms. The van der Waals surface area contributed by atoms with Crippen LogP contribution in [0.2, 0.25) is 0 Å². The Balaban J connectivity index is 3.06. The van der Waals surface area contributed by atoms with Crippen LogP contribution in [0.4, 0.5) is 5.82 Å². The van der Waals surface area contributed by atoms with Gasteiger partial charge in [0.1, 0.15) is 0 Å². The Bertz CT molecular complexity index is 401. The molecule has 1 aromatic heterocycles. The highest BCUT2D eigenvalue weighted by molar-refractivity contribution is 5.50. The summed E-state index contributed by atoms with van der Waals surface area (Å²) in [5, 5.41) is 8.78. The summed E-state index contributed by atoms with van der Waals surface area (Å²) in [6, 6.07) is 0. The zero-order chi connectivity index (χ0) is 14.4. The van der Waals surface area contributed by atoms with Crippen LogP contribution in [0.15, 0.2) is 0 Å². The van der Waals surface area contributed by atoms with Crippen molar-refractivity contribution in [3.63, 3.8) is 0 Å². The normalized spacial score (nSPS) is 11.1. The van der Waals surface area contributed by atoms with Crippen molar-refractivity contribution in [2.75, 3.05) is 18.5 Å². The van der Waals surface area contributed by atoms with Crippen molar-refractivity contribution in [3.8, 4) is 0 Å². The maximum absolute atomic E-state index is 5.95. The van der Waals surface area contributed by atoms with Crippen LogP contribution >= 0.6 is 0 Å². The molecule has 1 aromatic rings. The summed E-state index contributed by atoms with van der Waals surface area (Å²) in [7, 11) is 2.08. The molecule has 0 aromatic carbocycles. The largest absolute Gasteiger partial charge is 0.358 e. The lowest BCUT2D eigenvalue weighted by atomic mass is 10.0. The van der Waals surface area contributed by atoms with E-state index < -0.39 is 0 Å². The van der Waals surface area contributed by atoms with Crippen LogP contribution in [0.1, 0.15) is 50.9 Å². The quantitative estimate of drug-likeness (QED) is 0.822. The van der Waals surface area contributed by atoms with E-state index in [-0.39, 0.29) is 0 Å². The first-order valence-electron chi connectivity index (χ1n) is 7.33. The lowest BCUT2D eigenvalue weighted by Crippen LogP contribution is -2.25. The molecule has 4 heteroatoms. The fourth-order valence-corrected chi connectivity index (χ4v) is 2.32. The second kappa shape index (κ2) is 7.43. The Morgan fingerprint density at radius 2 is 1.79 bits per heavy atom. The minimum atomic E-state index is 0.535. The van der Waals surface area contributed by atoms with Crippen LogP contribution in [0.5, 0.6) is 0 Å². The average Bonchev–Trinajstić information content (AvgIpc) is 2.42. The molecular formula is C15H28N4. The molecule has 4 nitrogen and oxygen atoms in total. The molecular weight excluding hydrogens is 236 g/mol. The molecule has 0 amide bonds. The zero-order valence-electron chi connectivity index (χ0n) is 13.0. The fraction of sp³-hybridized carbons (Fsp3) is 0.733. The van der Waals surface area contributed by atoms with Gasteiger partial charge in [0.2, 0.25) is 0 Å². The summed E-state index contributed by atoms with van der Waals surface area (Å²) < 4.78 is 0. The van der Waals surface area contributed by atoms with Gasteiger partial charge in [0, 0.05) is 25.7 Å². The second-order valence-electron chi connectivity index (χ2n) is 5.44. The average molecular weight is 264 g/mol. The fourth-order valence-electron chi connectivity index (χ4n) is 2.32. The van der Waals surface area contributed by atoms with Crippen LogP contribution in [0.25, 0.3) is 0 Å². The van der Waals surface area contributed by atoms with Crippen LogP contribution in [0, 0.1) is 5.92 Å². The van der Waals surface area contributed by atoms with Gasteiger partial charge < -0.3 is 10.6 Å². The van der Waals surface area contributed by atoms with Crippen molar-refractivity contribution < 1.29 is 0 Å². The number of hydrogen-bond donors (Lipinski definition) is 1. The summed E-state index contributed by atoms with van der Waals surface area (Å²) in [4.78, 5) is 2.19. The zero-order valence-corrected chi connectivity index (χ0v) is 13.0. The molecule has 0 saturated carbocycles. The standard InChI is InChI=1S/C15H28N4/c1-6-12-13(10-16)15(18-17-14(12)7-2)19(5)9-8-11(3)4/h11H,6-10,16H2,1-5H3. The van der Waals surface area contributed by atoms with Gasteiger partial charge in [-0.05, 0) is 30.7 Å². The molecule has 108 valence electrons. The molecule has 19 heavy (non-hydrogen) atoms. The molecule has 0 radical (unpaired) electrons. The first-order valence-corrected chi connectivity index (χ1v) is 7.33. The number of rotatable bonds is 7. The Labute approximate surface area is 117 Å². The van der Waals surface area contributed by atoms with Crippen molar-refractivity contribution in [2.45, 2.75) is 53.5 Å². The third-order valence-corrected chi connectivity index (χ3v) is 3.54. The highest BCUT2D eigenvalue weighted by atomic mass is 15.2. The molecule has 1 heterocycles. The van der Waals surface area contributed by atoms with Crippen LogP contribution in [0.3, 0.4) is 0 Å². The number of hydrogen-bond acceptors (Lipinski definition) is 4. The number of nitrogens with zero attached hydrogens (tertiary/aromatic N) is 3. The highest BCUT2D eigenvalue weighted by Crippen LogP contribution is 2.23. The molecule has 0 aliphatic rings. The van der Waals surface area contributed by atoms with E-state index in [1.807, 2.05) is 0 Å². The first-order chi connectivity index (χ1) is 9.04. The summed E-state index contributed by atoms with van der Waals surface area (Å²) in [6.45, 7) is 10.3. The van der Waals surface area contributed by atoms with Gasteiger partial charge in [-0.25, -0.2) is 0 Å². The van der Waals surface area contributed by atoms with Gasteiger partial charge >= 0.3 is 0 Å². The predicted octanol–water partition coefficient (Wildman–Crippen LogP) is 2.54. The first kappa shape index (κ1) is 15.9. The predicted molar refractivity (Wildman–Crippen MR) is 81.4 cm³/mol. The van der Waals surface area contributed by atoms with E-state index >= 15 is 0 Å². The van der Waals surface area contributed by atoms with Crippen LogP contribution < -0.4 is 10.6 Å². The van der Waals surface area contributed by atoms with Crippen molar-refractivity contribution in [1.82, 2.24) is 10.2 Å². The number of aromatic nitrogens is 2. The molecule has 0 fully saturated rings. The molecule has 0 spiro atoms. The third-order valence-electron chi connectivity index (χ3n) is 3.54. The van der Waals surface area contributed by atoms with E-state index in [1.54, 1.807) is 0 Å². The number of anilines is 1. The smallest absolute Gasteiger partial charge is 0.155 e. The molecule has 0 aliphatic carbocycles. The van der Waals surface area contributed by atoms with Crippen LogP contribution in [-0.4, -0.2) is 23.8 Å². The van der Waals surface area contributed by atoms with Gasteiger partial charge in [0.25, 0.3) is 0 Å². The summed E-state index contributed by atoms with van der Waals surface area (Å²) in [6.07, 6.45) is 3.04. The van der Waals surface area contributed by atoms with Gasteiger partial charge in [-0.2, -0.15) is 5.10 Å². The summed E-state index contributed by atoms with van der Waals surface area (Å²) in [5.74, 6) is 1.65. The number of aryl methyl sites for hydroxylation is 1. The maximum atomic E-state index is 5.95. The molecule has 0 atom stereocenters. The van der Waals surface area contributed by atoms with Crippen molar-refractivity contribution >= 4 is 5.82 Å². The molecule has 0 saturated heterocycles. The van der Waals surface area contributed by atoms with Crippen molar-refractivity contribution in [1.29, 1.82) is 0 Å². The monoisotopic (exact) mass is 264 g/mol. The minimum absolute atomic E-state index is 0.535. The van der Waals surface area contributed by atoms with Gasteiger partial charge in [-0.3, -0.25) is 0 Å². The van der Waals surface area contributed by atoms with E-state index in [4.69, 9.17) is 5.73 Å². The minimum Gasteiger partial charge on any atom is -0.358 e. The SMILES string of the molecule is CCc1nnc(N(C)CCC(C)C)c(CN)c1CC. The Morgan fingerprint density at radius 1 is 1.11 bits per heavy atom. The van der Waals surface area contributed by atoms with E-state index in [9.17, 15) is 0 Å². The molecule has 0 unspecified atom stereocenters. The van der Waals surface area contributed by atoms with Crippen molar-refractivity contribution in [2.24, 2.45) is 11.7 Å². The second-order valence-corrected chi connectivity index (χ2v) is 5.44. The molecule has 1 rings (SSSR count). The van der Waals surface area contributed by atoms with E-state index in [1.165, 1.54) is 11.1 Å². The number of nitrogens with two attached hydrogens (primary N) is 1. The van der Waals surface area contributed by atoms with Crippen molar-refractivity contribution in [3.05, 3.63) is 16.8 Å². The Morgan fingerprint density at radius 3 is 2.26 bits per heavy atom. The van der Waals surface area contributed by atoms with E-state index in [0.717, 1.165) is 37.3 Å². The Kier molecular flexibility index (Phi) is 6.22. The maximum Gasteiger partial charge on any atom is 0.155 e. The lowest BCUT2D eigenvalue weighted by molar-refractivity contribution is 0.581. The lowest BCUT2D eigenvalue weighted by Gasteiger charge is -2.23. The topological polar surface area (TPSA) is 55.0 Å². The molecule has 0 aliphatic heterocycles. The van der Waals surface area contributed by atoms with Gasteiger partial charge in [0.05, 0.1) is 5.69 Å². The Hall–Kier alpha value is -1.16. The van der Waals surface area contributed by atoms with Gasteiger partial charge in [-0.1, -0.05) is 27.7 Å². The third kappa shape index (κ3) is 3.90. The van der Waals surface area contributed by atoms with Crippen LogP contribution in [-0.2, 0) is 19.4 Å². The summed E-state index contributed by atoms with van der Waals surface area (Å²) >= 11 is 0. The summed E-state index contributed by atoms with van der Waals surface area (Å²) in [5.41, 5.74) is 9.49. The van der Waals surface area contributed by atoms with Gasteiger partial charge in [0.15, 0.2) is 5.82 Å². The molecule has 2 N–H and O–H groups in total. The van der Waals surface area contributed by atoms with E-state index in [0.29, 0.717) is 12.5 Å². The van der Waals surface area contributed by atoms with Gasteiger partial charge in [-0.15, -0.1) is 5.10 Å². The highest BCUT2D eigenvalue weighted by Gasteiger charge is 2.16. The van der Waals surface area contributed by atoms with E-state index in [2.05, 4.69) is 49.8 Å².